The van der Waals surface area contributed by atoms with Gasteiger partial charge in [0.15, 0.2) is 0 Å². The second-order valence-electron chi connectivity index (χ2n) is 5.17. The van der Waals surface area contributed by atoms with Gasteiger partial charge in [-0.05, 0) is 0 Å². The second-order valence-corrected chi connectivity index (χ2v) is 12.6. The van der Waals surface area contributed by atoms with Crippen LogP contribution in [-0.2, 0) is 0 Å². The van der Waals surface area contributed by atoms with Gasteiger partial charge >= 0.3 is 110 Å². The monoisotopic (exact) mass is 330 g/mol. The van der Waals surface area contributed by atoms with Gasteiger partial charge in [0, 0.05) is 0 Å². The Hall–Kier alpha value is 0.0864. The van der Waals surface area contributed by atoms with Gasteiger partial charge < -0.3 is 0 Å². The summed E-state index contributed by atoms with van der Waals surface area (Å²) in [5.74, 6) is 0. The predicted molar refractivity (Wildman–Crippen MR) is 70.6 cm³/mol. The van der Waals surface area contributed by atoms with E-state index in [9.17, 15) is 13.2 Å². The average Bonchev–Trinajstić information content (AvgIpc) is 2.08. The van der Waals surface area contributed by atoms with E-state index in [4.69, 9.17) is 0 Å². The first-order valence-corrected chi connectivity index (χ1v) is 9.75. The Morgan fingerprint density at radius 3 is 1.47 bits per heavy atom. The standard InChI is InChI=1S/C12H21F3SeSi/c1-9(2)17(10(3)4,11(5)6)8-7-16-12(13,14)15/h9-11H,1-6H3. The summed E-state index contributed by atoms with van der Waals surface area (Å²) in [4.78, 5) is 2.46. The number of hydrogen-bond acceptors (Lipinski definition) is 0. The fraction of sp³-hybridized carbons (Fsp3) is 0.833. The van der Waals surface area contributed by atoms with E-state index in [1.807, 2.05) is 0 Å². The molecule has 0 unspecified atom stereocenters. The third kappa shape index (κ3) is 4.69. The molecule has 0 aromatic carbocycles. The van der Waals surface area contributed by atoms with Gasteiger partial charge in [-0.25, -0.2) is 0 Å². The topological polar surface area (TPSA) is 0 Å². The molecule has 0 bridgehead atoms. The van der Waals surface area contributed by atoms with Crippen LogP contribution in [0.4, 0.5) is 13.2 Å². The van der Waals surface area contributed by atoms with Gasteiger partial charge in [-0.1, -0.05) is 0 Å². The zero-order chi connectivity index (χ0) is 13.9. The molecule has 5 heteroatoms. The molecule has 0 saturated heterocycles. The molecule has 0 aliphatic rings. The normalized spacial score (nSPS) is 13.2. The minimum absolute atomic E-state index is 0.388. The van der Waals surface area contributed by atoms with Crippen LogP contribution in [0, 0.1) is 10.4 Å². The molecule has 0 heterocycles. The quantitative estimate of drug-likeness (QED) is 0.532. The van der Waals surface area contributed by atoms with Gasteiger partial charge in [0.1, 0.15) is 0 Å². The van der Waals surface area contributed by atoms with Crippen molar-refractivity contribution in [2.24, 2.45) is 0 Å². The summed E-state index contributed by atoms with van der Waals surface area (Å²) in [6.45, 7) is 12.6. The number of halogens is 3. The summed E-state index contributed by atoms with van der Waals surface area (Å²) in [5.41, 5.74) is 4.25. The number of hydrogen-bond donors (Lipinski definition) is 0. The maximum absolute atomic E-state index is 12.2. The molecule has 0 rings (SSSR count). The molecule has 0 nitrogen and oxygen atoms in total. The Kier molecular flexibility index (Phi) is 6.34. The molecule has 17 heavy (non-hydrogen) atoms. The first-order chi connectivity index (χ1) is 7.54. The number of rotatable bonds is 3. The van der Waals surface area contributed by atoms with Gasteiger partial charge in [0.05, 0.1) is 0 Å². The van der Waals surface area contributed by atoms with E-state index in [0.717, 1.165) is 0 Å². The third-order valence-electron chi connectivity index (χ3n) is 3.30. The van der Waals surface area contributed by atoms with Crippen LogP contribution < -0.4 is 0 Å². The van der Waals surface area contributed by atoms with Crippen molar-refractivity contribution >= 4 is 23.0 Å². The Morgan fingerprint density at radius 1 is 0.882 bits per heavy atom. The first-order valence-electron chi connectivity index (χ1n) is 5.81. The summed E-state index contributed by atoms with van der Waals surface area (Å²) in [5, 5.41) is -4.11. The van der Waals surface area contributed by atoms with E-state index in [0.29, 0.717) is 16.6 Å². The van der Waals surface area contributed by atoms with Gasteiger partial charge in [0.25, 0.3) is 0 Å². The molecule has 0 saturated carbocycles. The Bertz CT molecular complexity index is 275. The van der Waals surface area contributed by atoms with E-state index in [1.165, 1.54) is 0 Å². The molecule has 0 radical (unpaired) electrons. The van der Waals surface area contributed by atoms with Gasteiger partial charge in [-0.3, -0.25) is 0 Å². The van der Waals surface area contributed by atoms with Crippen LogP contribution in [0.15, 0.2) is 0 Å². The molecular formula is C12H21F3SeSi. The number of alkyl halides is 3. The second kappa shape index (κ2) is 6.31. The van der Waals surface area contributed by atoms with Crippen molar-refractivity contribution in [3.63, 3.8) is 0 Å². The minimum atomic E-state index is -4.11. The summed E-state index contributed by atoms with van der Waals surface area (Å²) in [7, 11) is -1.97. The zero-order valence-electron chi connectivity index (χ0n) is 11.3. The Labute approximate surface area is 110 Å². The van der Waals surface area contributed by atoms with Crippen molar-refractivity contribution in [2.75, 3.05) is 0 Å². The average molecular weight is 329 g/mol. The molecule has 0 aromatic heterocycles. The first kappa shape index (κ1) is 17.1. The van der Waals surface area contributed by atoms with Crippen molar-refractivity contribution in [3.8, 4) is 10.4 Å². The van der Waals surface area contributed by atoms with Crippen LogP contribution in [0.3, 0.4) is 0 Å². The van der Waals surface area contributed by atoms with Gasteiger partial charge in [-0.15, -0.1) is 0 Å². The maximum atomic E-state index is 12.2. The molecule has 0 amide bonds. The Morgan fingerprint density at radius 2 is 1.24 bits per heavy atom. The van der Waals surface area contributed by atoms with Crippen LogP contribution in [-0.4, -0.2) is 28.1 Å². The van der Waals surface area contributed by atoms with E-state index in [2.05, 4.69) is 51.9 Å². The molecule has 0 aliphatic heterocycles. The molecule has 0 N–H and O–H groups in total. The fourth-order valence-electron chi connectivity index (χ4n) is 2.60. The van der Waals surface area contributed by atoms with Crippen molar-refractivity contribution in [2.45, 2.75) is 63.2 Å². The molecule has 0 spiro atoms. The summed E-state index contributed by atoms with van der Waals surface area (Å²) in [6, 6.07) is 0. The predicted octanol–water partition coefficient (Wildman–Crippen LogP) is 4.39. The SMILES string of the molecule is CC(C)[Si](C#C[Se]C(F)(F)F)(C(C)C)C(C)C. The summed E-state index contributed by atoms with van der Waals surface area (Å²) >= 11 is -1.55. The van der Waals surface area contributed by atoms with Crippen molar-refractivity contribution < 1.29 is 13.2 Å². The van der Waals surface area contributed by atoms with Crippen LogP contribution in [0.2, 0.25) is 16.6 Å². The van der Waals surface area contributed by atoms with Crippen LogP contribution in [0.5, 0.6) is 0 Å². The van der Waals surface area contributed by atoms with Gasteiger partial charge in [0.2, 0.25) is 0 Å². The molecule has 0 aliphatic carbocycles. The molecule has 100 valence electrons. The third-order valence-corrected chi connectivity index (χ3v) is 10.9. The zero-order valence-corrected chi connectivity index (χ0v) is 14.0. The summed E-state index contributed by atoms with van der Waals surface area (Å²) < 4.78 is 36.5. The van der Waals surface area contributed by atoms with Crippen LogP contribution in [0.25, 0.3) is 0 Å². The van der Waals surface area contributed by atoms with E-state index in [-0.39, 0.29) is 0 Å². The molecule has 0 fully saturated rings. The van der Waals surface area contributed by atoms with Crippen LogP contribution >= 0.6 is 0 Å². The molecule has 0 aromatic rings. The van der Waals surface area contributed by atoms with Crippen LogP contribution in [0.1, 0.15) is 41.5 Å². The van der Waals surface area contributed by atoms with E-state index >= 15 is 0 Å². The van der Waals surface area contributed by atoms with E-state index < -0.39 is 28.1 Å². The molecule has 0 atom stereocenters. The fourth-order valence-corrected chi connectivity index (χ4v) is 9.38. The summed E-state index contributed by atoms with van der Waals surface area (Å²) in [6.07, 6.45) is 0. The Balaban J connectivity index is 5.20. The van der Waals surface area contributed by atoms with Crippen molar-refractivity contribution in [3.05, 3.63) is 0 Å². The van der Waals surface area contributed by atoms with E-state index in [1.54, 1.807) is 0 Å². The molecular weight excluding hydrogens is 308 g/mol. The van der Waals surface area contributed by atoms with Crippen molar-refractivity contribution in [1.29, 1.82) is 0 Å². The van der Waals surface area contributed by atoms with Crippen molar-refractivity contribution in [1.82, 2.24) is 0 Å². The van der Waals surface area contributed by atoms with Gasteiger partial charge in [-0.2, -0.15) is 0 Å².